The number of rotatable bonds is 7. The van der Waals surface area contributed by atoms with E-state index in [0.717, 1.165) is 11.0 Å². The molecule has 1 heterocycles. The van der Waals surface area contributed by atoms with Gasteiger partial charge in [-0.2, -0.15) is 0 Å². The molecular formula is C16H25N3O. The average molecular weight is 275 g/mol. The summed E-state index contributed by atoms with van der Waals surface area (Å²) in [4.78, 5) is 17.0. The van der Waals surface area contributed by atoms with Crippen molar-refractivity contribution in [3.05, 3.63) is 34.2 Å². The number of aromatic amines is 2. The van der Waals surface area contributed by atoms with Gasteiger partial charge in [-0.1, -0.05) is 32.8 Å². The first kappa shape index (κ1) is 14.9. The van der Waals surface area contributed by atoms with Crippen LogP contribution in [0.25, 0.3) is 11.0 Å². The molecule has 2 aromatic rings. The van der Waals surface area contributed by atoms with E-state index in [4.69, 9.17) is 0 Å². The molecule has 0 bridgehead atoms. The Bertz CT molecular complexity index is 593. The predicted molar refractivity (Wildman–Crippen MR) is 84.0 cm³/mol. The third-order valence-corrected chi connectivity index (χ3v) is 4.00. The SMILES string of the molecule is CCCC(CCC)C(NC)c1ccc2[nH]c(=O)[nH]c2c1. The monoisotopic (exact) mass is 275 g/mol. The number of fused-ring (bicyclic) bond motifs is 1. The molecule has 1 unspecified atom stereocenters. The molecule has 0 aliphatic rings. The minimum absolute atomic E-state index is 0.142. The van der Waals surface area contributed by atoms with E-state index in [2.05, 4.69) is 41.3 Å². The van der Waals surface area contributed by atoms with E-state index in [1.807, 2.05) is 13.1 Å². The van der Waals surface area contributed by atoms with Gasteiger partial charge in [0.2, 0.25) is 0 Å². The van der Waals surface area contributed by atoms with E-state index in [0.29, 0.717) is 12.0 Å². The Balaban J connectivity index is 2.33. The molecule has 0 radical (unpaired) electrons. The lowest BCUT2D eigenvalue weighted by Gasteiger charge is -2.27. The van der Waals surface area contributed by atoms with Crippen LogP contribution < -0.4 is 11.0 Å². The van der Waals surface area contributed by atoms with Gasteiger partial charge in [0.1, 0.15) is 0 Å². The molecule has 1 aromatic carbocycles. The zero-order chi connectivity index (χ0) is 14.5. The molecule has 0 saturated heterocycles. The molecular weight excluding hydrogens is 250 g/mol. The molecule has 1 aromatic heterocycles. The molecule has 3 N–H and O–H groups in total. The third kappa shape index (κ3) is 3.12. The molecule has 0 saturated carbocycles. The largest absolute Gasteiger partial charge is 0.323 e. The van der Waals surface area contributed by atoms with Crippen molar-refractivity contribution < 1.29 is 0 Å². The Morgan fingerprint density at radius 2 is 1.75 bits per heavy atom. The second-order valence-corrected chi connectivity index (χ2v) is 5.49. The lowest BCUT2D eigenvalue weighted by atomic mass is 9.86. The number of aromatic nitrogens is 2. The molecule has 110 valence electrons. The summed E-state index contributed by atoms with van der Waals surface area (Å²) in [5.74, 6) is 0.637. The van der Waals surface area contributed by atoms with Gasteiger partial charge >= 0.3 is 5.69 Å². The van der Waals surface area contributed by atoms with Crippen molar-refractivity contribution >= 4 is 11.0 Å². The summed E-state index contributed by atoms with van der Waals surface area (Å²) in [6.07, 6.45) is 4.85. The number of imidazole rings is 1. The molecule has 0 aliphatic carbocycles. The van der Waals surface area contributed by atoms with Gasteiger partial charge in [0.15, 0.2) is 0 Å². The third-order valence-electron chi connectivity index (χ3n) is 4.00. The quantitative estimate of drug-likeness (QED) is 0.726. The van der Waals surface area contributed by atoms with Crippen LogP contribution in [0.15, 0.2) is 23.0 Å². The summed E-state index contributed by atoms with van der Waals surface area (Å²) in [6, 6.07) is 6.54. The molecule has 0 aliphatic heterocycles. The van der Waals surface area contributed by atoms with Crippen molar-refractivity contribution in [3.63, 3.8) is 0 Å². The van der Waals surface area contributed by atoms with E-state index in [1.54, 1.807) is 0 Å². The van der Waals surface area contributed by atoms with Gasteiger partial charge in [-0.3, -0.25) is 0 Å². The van der Waals surface area contributed by atoms with Gasteiger partial charge in [0.25, 0.3) is 0 Å². The zero-order valence-electron chi connectivity index (χ0n) is 12.6. The lowest BCUT2D eigenvalue weighted by Crippen LogP contribution is -2.25. The Hall–Kier alpha value is -1.55. The number of hydrogen-bond acceptors (Lipinski definition) is 2. The summed E-state index contributed by atoms with van der Waals surface area (Å²) in [7, 11) is 2.02. The van der Waals surface area contributed by atoms with Crippen molar-refractivity contribution in [2.45, 2.75) is 45.6 Å². The zero-order valence-corrected chi connectivity index (χ0v) is 12.6. The smallest absolute Gasteiger partial charge is 0.313 e. The highest BCUT2D eigenvalue weighted by molar-refractivity contribution is 5.75. The Morgan fingerprint density at radius 3 is 2.35 bits per heavy atom. The van der Waals surface area contributed by atoms with Crippen LogP contribution in [0.4, 0.5) is 0 Å². The van der Waals surface area contributed by atoms with Gasteiger partial charge in [-0.25, -0.2) is 4.79 Å². The van der Waals surface area contributed by atoms with Crippen LogP contribution in [0.2, 0.25) is 0 Å². The van der Waals surface area contributed by atoms with Crippen LogP contribution in [0, 0.1) is 5.92 Å². The van der Waals surface area contributed by atoms with E-state index >= 15 is 0 Å². The molecule has 0 fully saturated rings. The number of H-pyrrole nitrogens is 2. The Kier molecular flexibility index (Phi) is 5.01. The molecule has 0 amide bonds. The molecule has 0 spiro atoms. The Morgan fingerprint density at radius 1 is 1.10 bits per heavy atom. The maximum atomic E-state index is 11.4. The predicted octanol–water partition coefficient (Wildman–Crippen LogP) is 3.33. The molecule has 1 atom stereocenters. The van der Waals surface area contributed by atoms with Crippen LogP contribution in [-0.2, 0) is 0 Å². The number of hydrogen-bond donors (Lipinski definition) is 3. The van der Waals surface area contributed by atoms with Gasteiger partial charge in [0.05, 0.1) is 11.0 Å². The van der Waals surface area contributed by atoms with E-state index in [1.165, 1.54) is 31.2 Å². The first-order valence-electron chi connectivity index (χ1n) is 7.58. The molecule has 20 heavy (non-hydrogen) atoms. The second kappa shape index (κ2) is 6.75. The number of nitrogens with one attached hydrogen (secondary N) is 3. The maximum Gasteiger partial charge on any atom is 0.323 e. The fraction of sp³-hybridized carbons (Fsp3) is 0.562. The first-order valence-corrected chi connectivity index (χ1v) is 7.58. The van der Waals surface area contributed by atoms with Gasteiger partial charge < -0.3 is 15.3 Å². The molecule has 4 nitrogen and oxygen atoms in total. The van der Waals surface area contributed by atoms with Crippen molar-refractivity contribution in [1.29, 1.82) is 0 Å². The van der Waals surface area contributed by atoms with E-state index in [-0.39, 0.29) is 5.69 Å². The topological polar surface area (TPSA) is 60.7 Å². The summed E-state index contributed by atoms with van der Waals surface area (Å²) in [5.41, 5.74) is 2.87. The highest BCUT2D eigenvalue weighted by atomic mass is 16.1. The van der Waals surface area contributed by atoms with Crippen LogP contribution in [0.5, 0.6) is 0 Å². The van der Waals surface area contributed by atoms with Crippen molar-refractivity contribution in [2.24, 2.45) is 5.92 Å². The van der Waals surface area contributed by atoms with E-state index < -0.39 is 0 Å². The summed E-state index contributed by atoms with van der Waals surface area (Å²) >= 11 is 0. The number of benzene rings is 1. The van der Waals surface area contributed by atoms with Crippen molar-refractivity contribution in [1.82, 2.24) is 15.3 Å². The minimum Gasteiger partial charge on any atom is -0.313 e. The van der Waals surface area contributed by atoms with Crippen LogP contribution in [0.1, 0.15) is 51.1 Å². The van der Waals surface area contributed by atoms with Crippen LogP contribution in [0.3, 0.4) is 0 Å². The standard InChI is InChI=1S/C16H25N3O/c1-4-6-11(7-5-2)15(17-3)12-8-9-13-14(10-12)19-16(20)18-13/h8-11,15,17H,4-7H2,1-3H3,(H2,18,19,20). The fourth-order valence-electron chi connectivity index (χ4n) is 3.14. The van der Waals surface area contributed by atoms with Crippen molar-refractivity contribution in [3.8, 4) is 0 Å². The lowest BCUT2D eigenvalue weighted by molar-refractivity contribution is 0.331. The highest BCUT2D eigenvalue weighted by Crippen LogP contribution is 2.30. The van der Waals surface area contributed by atoms with Crippen molar-refractivity contribution in [2.75, 3.05) is 7.05 Å². The summed E-state index contributed by atoms with van der Waals surface area (Å²) < 4.78 is 0. The minimum atomic E-state index is -0.142. The maximum absolute atomic E-state index is 11.4. The van der Waals surface area contributed by atoms with Crippen LogP contribution >= 0.6 is 0 Å². The molecule has 4 heteroatoms. The second-order valence-electron chi connectivity index (χ2n) is 5.49. The van der Waals surface area contributed by atoms with Gasteiger partial charge in [-0.05, 0) is 43.5 Å². The average Bonchev–Trinajstić information content (AvgIpc) is 2.79. The first-order chi connectivity index (χ1) is 9.69. The van der Waals surface area contributed by atoms with E-state index in [9.17, 15) is 4.79 Å². The Labute approximate surface area is 120 Å². The van der Waals surface area contributed by atoms with Gasteiger partial charge in [0, 0.05) is 6.04 Å². The highest BCUT2D eigenvalue weighted by Gasteiger charge is 2.20. The van der Waals surface area contributed by atoms with Crippen LogP contribution in [-0.4, -0.2) is 17.0 Å². The summed E-state index contributed by atoms with van der Waals surface area (Å²) in [6.45, 7) is 4.48. The normalized spacial score (nSPS) is 13.2. The molecule has 2 rings (SSSR count). The summed E-state index contributed by atoms with van der Waals surface area (Å²) in [5, 5.41) is 3.46. The fourth-order valence-corrected chi connectivity index (χ4v) is 3.14. The van der Waals surface area contributed by atoms with Gasteiger partial charge in [-0.15, -0.1) is 0 Å².